The molecule has 1 fully saturated rings. The predicted molar refractivity (Wildman–Crippen MR) is 113 cm³/mol. The lowest BCUT2D eigenvalue weighted by molar-refractivity contribution is -0.125. The van der Waals surface area contributed by atoms with Gasteiger partial charge in [-0.25, -0.2) is 0 Å². The van der Waals surface area contributed by atoms with E-state index in [1.54, 1.807) is 24.3 Å². The average Bonchev–Trinajstić information content (AvgIpc) is 2.75. The lowest BCUT2D eigenvalue weighted by Gasteiger charge is -2.36. The van der Waals surface area contributed by atoms with Crippen molar-refractivity contribution >= 4 is 23.2 Å². The van der Waals surface area contributed by atoms with Crippen molar-refractivity contribution in [2.24, 2.45) is 0 Å². The second-order valence-corrected chi connectivity index (χ2v) is 7.69. The molecule has 1 N–H and O–H groups in total. The topological polar surface area (TPSA) is 71.3 Å². The van der Waals surface area contributed by atoms with E-state index in [1.807, 2.05) is 32.0 Å². The van der Waals surface area contributed by atoms with Gasteiger partial charge in [0.15, 0.2) is 0 Å². The molecule has 1 amide bonds. The first kappa shape index (κ1) is 21.2. The van der Waals surface area contributed by atoms with Crippen molar-refractivity contribution < 1.29 is 14.3 Å². The SMILES string of the molecule is CC[C@@H](C)Oc1ccc(NC(=O)C2(c3ccccc3Cl)CCOCC2)c(C#N)c1. The van der Waals surface area contributed by atoms with E-state index in [4.69, 9.17) is 21.1 Å². The number of carbonyl (C=O) groups excluding carboxylic acids is 1. The molecule has 5 nitrogen and oxygen atoms in total. The fourth-order valence-corrected chi connectivity index (χ4v) is 3.86. The molecular weight excluding hydrogens is 388 g/mol. The molecule has 1 heterocycles. The molecule has 0 unspecified atom stereocenters. The van der Waals surface area contributed by atoms with Crippen molar-refractivity contribution in [1.82, 2.24) is 0 Å². The molecule has 1 aliphatic heterocycles. The lowest BCUT2D eigenvalue weighted by Crippen LogP contribution is -2.45. The first-order valence-corrected chi connectivity index (χ1v) is 10.2. The summed E-state index contributed by atoms with van der Waals surface area (Å²) in [6.45, 7) is 4.96. The zero-order chi connectivity index (χ0) is 20.9. The van der Waals surface area contributed by atoms with Crippen molar-refractivity contribution in [1.29, 1.82) is 5.26 Å². The molecular formula is C23H25ClN2O3. The smallest absolute Gasteiger partial charge is 0.235 e. The third-order valence-electron chi connectivity index (χ3n) is 5.44. The lowest BCUT2D eigenvalue weighted by atomic mass is 9.73. The van der Waals surface area contributed by atoms with Gasteiger partial charge in [-0.05, 0) is 49.9 Å². The molecule has 0 radical (unpaired) electrons. The molecule has 0 bridgehead atoms. The van der Waals surface area contributed by atoms with E-state index >= 15 is 0 Å². The minimum Gasteiger partial charge on any atom is -0.491 e. The molecule has 0 spiro atoms. The molecule has 29 heavy (non-hydrogen) atoms. The van der Waals surface area contributed by atoms with Gasteiger partial charge in [0.05, 0.1) is 22.8 Å². The summed E-state index contributed by atoms with van der Waals surface area (Å²) < 4.78 is 11.3. The summed E-state index contributed by atoms with van der Waals surface area (Å²) in [5.74, 6) is 0.432. The van der Waals surface area contributed by atoms with Crippen molar-refractivity contribution in [3.8, 4) is 11.8 Å². The minimum absolute atomic E-state index is 0.0488. The Morgan fingerprint density at radius 1 is 1.31 bits per heavy atom. The number of anilines is 1. The first-order valence-electron chi connectivity index (χ1n) is 9.85. The van der Waals surface area contributed by atoms with Gasteiger partial charge < -0.3 is 14.8 Å². The Balaban J connectivity index is 1.91. The normalized spacial score (nSPS) is 16.5. The summed E-state index contributed by atoms with van der Waals surface area (Å²) in [5, 5.41) is 13.1. The molecule has 1 atom stereocenters. The summed E-state index contributed by atoms with van der Waals surface area (Å²) in [4.78, 5) is 13.5. The van der Waals surface area contributed by atoms with Crippen molar-refractivity contribution in [3.05, 3.63) is 58.6 Å². The van der Waals surface area contributed by atoms with E-state index in [2.05, 4.69) is 11.4 Å². The Hall–Kier alpha value is -2.55. The quantitative estimate of drug-likeness (QED) is 0.718. The fourth-order valence-electron chi connectivity index (χ4n) is 3.54. The number of benzene rings is 2. The molecule has 6 heteroatoms. The van der Waals surface area contributed by atoms with Gasteiger partial charge in [-0.15, -0.1) is 0 Å². The van der Waals surface area contributed by atoms with Gasteiger partial charge in [0.25, 0.3) is 0 Å². The van der Waals surface area contributed by atoms with E-state index in [9.17, 15) is 10.1 Å². The molecule has 1 aliphatic rings. The van der Waals surface area contributed by atoms with E-state index in [0.717, 1.165) is 12.0 Å². The number of carbonyl (C=O) groups is 1. The van der Waals surface area contributed by atoms with E-state index in [1.165, 1.54) is 0 Å². The molecule has 2 aromatic rings. The minimum atomic E-state index is -0.796. The Labute approximate surface area is 176 Å². The van der Waals surface area contributed by atoms with Crippen LogP contribution in [-0.2, 0) is 14.9 Å². The first-order chi connectivity index (χ1) is 14.0. The van der Waals surface area contributed by atoms with Crippen molar-refractivity contribution in [2.75, 3.05) is 18.5 Å². The number of ether oxygens (including phenoxy) is 2. The van der Waals surface area contributed by atoms with E-state index in [-0.39, 0.29) is 12.0 Å². The highest BCUT2D eigenvalue weighted by Crippen LogP contribution is 2.40. The maximum Gasteiger partial charge on any atom is 0.235 e. The second-order valence-electron chi connectivity index (χ2n) is 7.28. The summed E-state index contributed by atoms with van der Waals surface area (Å²) in [7, 11) is 0. The van der Waals surface area contributed by atoms with Gasteiger partial charge in [-0.3, -0.25) is 4.79 Å². The third-order valence-corrected chi connectivity index (χ3v) is 5.77. The number of hydrogen-bond donors (Lipinski definition) is 1. The van der Waals surface area contributed by atoms with Gasteiger partial charge in [0.1, 0.15) is 11.8 Å². The summed E-state index contributed by atoms with van der Waals surface area (Å²) in [6.07, 6.45) is 1.97. The highest BCUT2D eigenvalue weighted by Gasteiger charge is 2.43. The largest absolute Gasteiger partial charge is 0.491 e. The molecule has 0 aliphatic carbocycles. The van der Waals surface area contributed by atoms with Crippen LogP contribution in [0.2, 0.25) is 5.02 Å². The Morgan fingerprint density at radius 2 is 2.03 bits per heavy atom. The van der Waals surface area contributed by atoms with Crippen molar-refractivity contribution in [3.63, 3.8) is 0 Å². The maximum absolute atomic E-state index is 13.5. The average molecular weight is 413 g/mol. The predicted octanol–water partition coefficient (Wildman–Crippen LogP) is 5.08. The number of nitrogens with one attached hydrogen (secondary N) is 1. The van der Waals surface area contributed by atoms with Crippen LogP contribution in [0.15, 0.2) is 42.5 Å². The number of nitriles is 1. The van der Waals surface area contributed by atoms with Crippen LogP contribution in [0.3, 0.4) is 0 Å². The van der Waals surface area contributed by atoms with Crippen LogP contribution < -0.4 is 10.1 Å². The summed E-state index contributed by atoms with van der Waals surface area (Å²) >= 11 is 6.45. The Kier molecular flexibility index (Phi) is 6.79. The highest BCUT2D eigenvalue weighted by molar-refractivity contribution is 6.31. The Bertz CT molecular complexity index is 917. The van der Waals surface area contributed by atoms with Gasteiger partial charge in [0.2, 0.25) is 5.91 Å². The van der Waals surface area contributed by atoms with Crippen LogP contribution in [0.25, 0.3) is 0 Å². The molecule has 2 aromatic carbocycles. The molecule has 152 valence electrons. The van der Waals surface area contributed by atoms with Gasteiger partial charge in [-0.2, -0.15) is 5.26 Å². The zero-order valence-corrected chi connectivity index (χ0v) is 17.5. The van der Waals surface area contributed by atoms with Crippen LogP contribution in [0.5, 0.6) is 5.75 Å². The Morgan fingerprint density at radius 3 is 2.69 bits per heavy atom. The number of amides is 1. The second kappa shape index (κ2) is 9.30. The zero-order valence-electron chi connectivity index (χ0n) is 16.7. The van der Waals surface area contributed by atoms with Crippen molar-refractivity contribution in [2.45, 2.75) is 44.6 Å². The van der Waals surface area contributed by atoms with Crippen LogP contribution in [0.4, 0.5) is 5.69 Å². The van der Waals surface area contributed by atoms with Gasteiger partial charge in [0, 0.05) is 24.3 Å². The van der Waals surface area contributed by atoms with Crippen LogP contribution in [0.1, 0.15) is 44.2 Å². The van der Waals surface area contributed by atoms with Gasteiger partial charge >= 0.3 is 0 Å². The number of rotatable bonds is 6. The van der Waals surface area contributed by atoms with Crippen LogP contribution >= 0.6 is 11.6 Å². The molecule has 0 aromatic heterocycles. The molecule has 3 rings (SSSR count). The summed E-state index contributed by atoms with van der Waals surface area (Å²) in [5.41, 5.74) is 0.819. The highest BCUT2D eigenvalue weighted by atomic mass is 35.5. The van der Waals surface area contributed by atoms with E-state index < -0.39 is 5.41 Å². The van der Waals surface area contributed by atoms with Crippen LogP contribution in [-0.4, -0.2) is 25.2 Å². The maximum atomic E-state index is 13.5. The monoisotopic (exact) mass is 412 g/mol. The molecule has 0 saturated carbocycles. The molecule has 1 saturated heterocycles. The standard InChI is InChI=1S/C23H25ClN2O3/c1-3-16(2)29-18-8-9-21(17(14-18)15-25)26-22(27)23(10-12-28-13-11-23)19-6-4-5-7-20(19)24/h4-9,14,16H,3,10-13H2,1-2H3,(H,26,27)/t16-/m1/s1. The number of halogens is 1. The van der Waals surface area contributed by atoms with Gasteiger partial charge in [-0.1, -0.05) is 36.7 Å². The van der Waals surface area contributed by atoms with E-state index in [0.29, 0.717) is 48.1 Å². The third kappa shape index (κ3) is 4.55. The number of hydrogen-bond acceptors (Lipinski definition) is 4. The fraction of sp³-hybridized carbons (Fsp3) is 0.391. The van der Waals surface area contributed by atoms with Crippen LogP contribution in [0, 0.1) is 11.3 Å². The summed E-state index contributed by atoms with van der Waals surface area (Å²) in [6, 6.07) is 14.7. The number of nitrogens with zero attached hydrogens (tertiary/aromatic N) is 1.